The predicted octanol–water partition coefficient (Wildman–Crippen LogP) is 5.49. The Balaban J connectivity index is 2.08. The molecule has 2 heteroatoms. The van der Waals surface area contributed by atoms with Crippen molar-refractivity contribution < 1.29 is 0 Å². The third-order valence-corrected chi connectivity index (χ3v) is 5.59. The van der Waals surface area contributed by atoms with Gasteiger partial charge in [-0.05, 0) is 62.1 Å². The molecule has 0 aromatic carbocycles. The molecule has 1 nitrogen and oxygen atoms in total. The zero-order valence-corrected chi connectivity index (χ0v) is 14.5. The van der Waals surface area contributed by atoms with E-state index in [2.05, 4.69) is 50.4 Å². The summed E-state index contributed by atoms with van der Waals surface area (Å²) in [6, 6.07) is 3.08. The molecule has 0 radical (unpaired) electrons. The molecule has 20 heavy (non-hydrogen) atoms. The van der Waals surface area contributed by atoms with E-state index in [0.717, 1.165) is 6.54 Å². The Labute approximate surface area is 129 Å². The smallest absolute Gasteiger partial charge is 0.0415 e. The predicted molar refractivity (Wildman–Crippen MR) is 90.7 cm³/mol. The molecule has 1 aliphatic carbocycles. The van der Waals surface area contributed by atoms with Gasteiger partial charge in [-0.15, -0.1) is 11.3 Å². The number of hydrogen-bond acceptors (Lipinski definition) is 2. The molecular weight excluding hydrogens is 262 g/mol. The Morgan fingerprint density at radius 3 is 2.65 bits per heavy atom. The van der Waals surface area contributed by atoms with Crippen molar-refractivity contribution in [2.75, 3.05) is 6.54 Å². The Kier molecular flexibility index (Phi) is 5.68. The lowest BCUT2D eigenvalue weighted by Crippen LogP contribution is -2.21. The highest BCUT2D eigenvalue weighted by Gasteiger charge is 2.20. The Morgan fingerprint density at radius 1 is 1.20 bits per heavy atom. The Morgan fingerprint density at radius 2 is 1.95 bits per heavy atom. The summed E-state index contributed by atoms with van der Waals surface area (Å²) in [4.78, 5) is 3.26. The summed E-state index contributed by atoms with van der Waals surface area (Å²) >= 11 is 2.08. The average Bonchev–Trinajstić information content (AvgIpc) is 2.64. The lowest BCUT2D eigenvalue weighted by molar-refractivity contribution is 0.335. The summed E-state index contributed by atoms with van der Waals surface area (Å²) in [5, 5.41) is 3.71. The summed E-state index contributed by atoms with van der Waals surface area (Å²) in [6.45, 7) is 10.3. The fraction of sp³-hybridized carbons (Fsp3) is 0.778. The van der Waals surface area contributed by atoms with Crippen molar-refractivity contribution in [2.24, 2.45) is 5.41 Å². The molecule has 2 rings (SSSR count). The van der Waals surface area contributed by atoms with E-state index >= 15 is 0 Å². The van der Waals surface area contributed by atoms with Gasteiger partial charge in [0.1, 0.15) is 0 Å². The van der Waals surface area contributed by atoms with Crippen LogP contribution in [-0.4, -0.2) is 6.54 Å². The maximum atomic E-state index is 3.71. The number of rotatable bonds is 5. The monoisotopic (exact) mass is 293 g/mol. The largest absolute Gasteiger partial charge is 0.310 e. The van der Waals surface area contributed by atoms with E-state index in [4.69, 9.17) is 0 Å². The van der Waals surface area contributed by atoms with Gasteiger partial charge in [0.15, 0.2) is 0 Å². The molecule has 1 aliphatic rings. The van der Waals surface area contributed by atoms with Crippen LogP contribution in [0.2, 0.25) is 0 Å². The van der Waals surface area contributed by atoms with Crippen molar-refractivity contribution in [3.05, 3.63) is 21.4 Å². The number of fused-ring (bicyclic) bond motifs is 1. The van der Waals surface area contributed by atoms with Crippen LogP contribution in [0.15, 0.2) is 6.07 Å². The summed E-state index contributed by atoms with van der Waals surface area (Å²) in [5.41, 5.74) is 2.09. The topological polar surface area (TPSA) is 12.0 Å². The van der Waals surface area contributed by atoms with Gasteiger partial charge >= 0.3 is 0 Å². The van der Waals surface area contributed by atoms with Gasteiger partial charge in [-0.2, -0.15) is 0 Å². The maximum absolute atomic E-state index is 3.71. The third kappa shape index (κ3) is 4.60. The Bertz CT molecular complexity index is 390. The Hall–Kier alpha value is -0.340. The molecule has 1 aromatic heterocycles. The van der Waals surface area contributed by atoms with Crippen LogP contribution in [0.25, 0.3) is 0 Å². The van der Waals surface area contributed by atoms with Crippen LogP contribution in [0.4, 0.5) is 0 Å². The quantitative estimate of drug-likeness (QED) is 0.707. The first-order valence-corrected chi connectivity index (χ1v) is 9.16. The molecule has 1 aromatic rings. The highest BCUT2D eigenvalue weighted by atomic mass is 32.1. The molecule has 0 amide bonds. The SMILES string of the molecule is CCNC(CCC(C)(C)C)c1cc2c(s1)CCCCC2. The van der Waals surface area contributed by atoms with Crippen LogP contribution in [0.1, 0.15) is 81.2 Å². The molecule has 1 heterocycles. The van der Waals surface area contributed by atoms with E-state index in [1.807, 2.05) is 0 Å². The molecule has 1 atom stereocenters. The second-order valence-electron chi connectivity index (χ2n) is 7.37. The van der Waals surface area contributed by atoms with Crippen LogP contribution in [-0.2, 0) is 12.8 Å². The second-order valence-corrected chi connectivity index (χ2v) is 8.54. The number of thiophene rings is 1. The average molecular weight is 294 g/mol. The minimum Gasteiger partial charge on any atom is -0.310 e. The molecule has 1 N–H and O–H groups in total. The normalized spacial score (nSPS) is 17.6. The first kappa shape index (κ1) is 16.0. The van der Waals surface area contributed by atoms with E-state index in [1.165, 1.54) is 44.9 Å². The summed E-state index contributed by atoms with van der Waals surface area (Å²) < 4.78 is 0. The van der Waals surface area contributed by atoms with Crippen molar-refractivity contribution in [3.8, 4) is 0 Å². The first-order chi connectivity index (χ1) is 9.49. The van der Waals surface area contributed by atoms with E-state index in [-0.39, 0.29) is 0 Å². The van der Waals surface area contributed by atoms with Crippen molar-refractivity contribution in [3.63, 3.8) is 0 Å². The summed E-state index contributed by atoms with van der Waals surface area (Å²) in [6.07, 6.45) is 9.36. The van der Waals surface area contributed by atoms with Gasteiger partial charge in [0.25, 0.3) is 0 Å². The third-order valence-electron chi connectivity index (χ3n) is 4.24. The summed E-state index contributed by atoms with van der Waals surface area (Å²) in [7, 11) is 0. The number of aryl methyl sites for hydroxylation is 2. The number of nitrogens with one attached hydrogen (secondary N) is 1. The summed E-state index contributed by atoms with van der Waals surface area (Å²) in [5.74, 6) is 0. The molecule has 0 saturated heterocycles. The van der Waals surface area contributed by atoms with E-state index in [9.17, 15) is 0 Å². The second kappa shape index (κ2) is 7.09. The van der Waals surface area contributed by atoms with E-state index < -0.39 is 0 Å². The minimum absolute atomic E-state index is 0.433. The van der Waals surface area contributed by atoms with Crippen LogP contribution in [0.3, 0.4) is 0 Å². The van der Waals surface area contributed by atoms with E-state index in [1.54, 1.807) is 15.3 Å². The lowest BCUT2D eigenvalue weighted by Gasteiger charge is -2.23. The van der Waals surface area contributed by atoms with Gasteiger partial charge in [0.2, 0.25) is 0 Å². The molecule has 0 spiro atoms. The molecule has 0 fully saturated rings. The molecular formula is C18H31NS. The van der Waals surface area contributed by atoms with Gasteiger partial charge in [0, 0.05) is 15.8 Å². The van der Waals surface area contributed by atoms with Gasteiger partial charge < -0.3 is 5.32 Å². The number of hydrogen-bond donors (Lipinski definition) is 1. The van der Waals surface area contributed by atoms with Gasteiger partial charge in [-0.3, -0.25) is 0 Å². The van der Waals surface area contributed by atoms with E-state index in [0.29, 0.717) is 11.5 Å². The molecule has 1 unspecified atom stereocenters. The van der Waals surface area contributed by atoms with Crippen LogP contribution in [0, 0.1) is 5.41 Å². The molecule has 114 valence electrons. The highest BCUT2D eigenvalue weighted by molar-refractivity contribution is 7.12. The van der Waals surface area contributed by atoms with Crippen LogP contribution in [0.5, 0.6) is 0 Å². The van der Waals surface area contributed by atoms with Crippen molar-refractivity contribution in [2.45, 2.75) is 78.7 Å². The standard InChI is InChI=1S/C18H31NS/c1-5-19-15(11-12-18(2,3)4)17-13-14-9-7-6-8-10-16(14)20-17/h13,15,19H,5-12H2,1-4H3. The fourth-order valence-electron chi connectivity index (χ4n) is 3.03. The lowest BCUT2D eigenvalue weighted by atomic mass is 9.88. The van der Waals surface area contributed by atoms with Crippen molar-refractivity contribution >= 4 is 11.3 Å². The zero-order chi connectivity index (χ0) is 14.6. The highest BCUT2D eigenvalue weighted by Crippen LogP contribution is 2.35. The molecule has 0 bridgehead atoms. The van der Waals surface area contributed by atoms with Crippen molar-refractivity contribution in [1.82, 2.24) is 5.32 Å². The van der Waals surface area contributed by atoms with Crippen LogP contribution < -0.4 is 5.32 Å². The first-order valence-electron chi connectivity index (χ1n) is 8.34. The van der Waals surface area contributed by atoms with Gasteiger partial charge in [0.05, 0.1) is 0 Å². The van der Waals surface area contributed by atoms with Gasteiger partial charge in [-0.1, -0.05) is 34.1 Å². The van der Waals surface area contributed by atoms with Crippen molar-refractivity contribution in [1.29, 1.82) is 0 Å². The fourth-order valence-corrected chi connectivity index (χ4v) is 4.40. The van der Waals surface area contributed by atoms with Crippen LogP contribution >= 0.6 is 11.3 Å². The zero-order valence-electron chi connectivity index (χ0n) is 13.7. The molecule has 0 saturated carbocycles. The molecule has 0 aliphatic heterocycles. The van der Waals surface area contributed by atoms with Gasteiger partial charge in [-0.25, -0.2) is 0 Å². The minimum atomic E-state index is 0.433. The maximum Gasteiger partial charge on any atom is 0.0415 e.